The van der Waals surface area contributed by atoms with Gasteiger partial charge in [-0.1, -0.05) is 66.7 Å². The zero-order valence-corrected chi connectivity index (χ0v) is 18.4. The van der Waals surface area contributed by atoms with Crippen LogP contribution in [-0.4, -0.2) is 22.5 Å². The number of nitrogens with one attached hydrogen (secondary N) is 2. The number of hydrogen-bond donors (Lipinski definition) is 2. The number of H-pyrrole nitrogens is 1. The Morgan fingerprint density at radius 2 is 1.90 bits per heavy atom. The minimum absolute atomic E-state index is 0.157. The smallest absolute Gasteiger partial charge is 0.257 e. The van der Waals surface area contributed by atoms with Gasteiger partial charge in [0, 0.05) is 23.7 Å². The molecule has 3 aromatic rings. The summed E-state index contributed by atoms with van der Waals surface area (Å²) in [6, 6.07) is 15.8. The summed E-state index contributed by atoms with van der Waals surface area (Å²) < 4.78 is 5.88. The Balaban J connectivity index is 1.65. The van der Waals surface area contributed by atoms with Gasteiger partial charge >= 0.3 is 0 Å². The molecule has 7 heteroatoms. The number of para-hydroxylation sites is 1. The van der Waals surface area contributed by atoms with Crippen LogP contribution in [0.15, 0.2) is 58.5 Å². The van der Waals surface area contributed by atoms with Crippen LogP contribution < -0.4 is 15.6 Å². The lowest BCUT2D eigenvalue weighted by atomic mass is 9.86. The minimum atomic E-state index is -0.399. The highest BCUT2D eigenvalue weighted by molar-refractivity contribution is 7.98. The largest absolute Gasteiger partial charge is 0.493 e. The molecule has 2 N–H and O–H groups in total. The van der Waals surface area contributed by atoms with Gasteiger partial charge in [0.05, 0.1) is 12.2 Å². The van der Waals surface area contributed by atoms with E-state index in [4.69, 9.17) is 4.74 Å². The number of aromatic amines is 1. The molecule has 0 bridgehead atoms. The molecule has 0 radical (unpaired) electrons. The second-order valence-electron chi connectivity index (χ2n) is 7.60. The van der Waals surface area contributed by atoms with Crippen molar-refractivity contribution < 1.29 is 9.53 Å². The van der Waals surface area contributed by atoms with Crippen LogP contribution in [0.25, 0.3) is 0 Å². The second-order valence-corrected chi connectivity index (χ2v) is 8.56. The summed E-state index contributed by atoms with van der Waals surface area (Å²) in [6.45, 7) is 4.66. The number of nitrogens with zero attached hydrogens (tertiary/aromatic N) is 1. The van der Waals surface area contributed by atoms with Crippen molar-refractivity contribution in [3.8, 4) is 5.75 Å². The van der Waals surface area contributed by atoms with Gasteiger partial charge < -0.3 is 15.0 Å². The molecule has 0 fully saturated rings. The molecule has 1 aromatic heterocycles. The van der Waals surface area contributed by atoms with Gasteiger partial charge in [0.2, 0.25) is 5.91 Å². The Bertz CT molecular complexity index is 1140. The SMILES string of the molecule is CCCOc1ccccc1[C@H]1CC(=O)Nc2nc(SCc3ccc(C)cc3)[nH]c(=O)c21. The predicted molar refractivity (Wildman–Crippen MR) is 123 cm³/mol. The van der Waals surface area contributed by atoms with E-state index in [2.05, 4.69) is 39.6 Å². The topological polar surface area (TPSA) is 84.1 Å². The zero-order valence-electron chi connectivity index (χ0n) is 17.6. The molecule has 160 valence electrons. The number of fused-ring (bicyclic) bond motifs is 1. The maximum Gasteiger partial charge on any atom is 0.257 e. The van der Waals surface area contributed by atoms with Crippen molar-refractivity contribution >= 4 is 23.5 Å². The number of thioether (sulfide) groups is 1. The van der Waals surface area contributed by atoms with Crippen LogP contribution in [0.3, 0.4) is 0 Å². The van der Waals surface area contributed by atoms with Crippen LogP contribution in [0.4, 0.5) is 5.82 Å². The molecule has 1 aliphatic heterocycles. The van der Waals surface area contributed by atoms with Crippen LogP contribution in [-0.2, 0) is 10.5 Å². The number of rotatable bonds is 7. The summed E-state index contributed by atoms with van der Waals surface area (Å²) in [5.41, 5.74) is 3.42. The number of benzene rings is 2. The molecule has 0 aliphatic carbocycles. The lowest BCUT2D eigenvalue weighted by Gasteiger charge is -2.26. The number of anilines is 1. The predicted octanol–water partition coefficient (Wildman–Crippen LogP) is 4.63. The van der Waals surface area contributed by atoms with Crippen molar-refractivity contribution in [1.29, 1.82) is 0 Å². The van der Waals surface area contributed by atoms with Crippen LogP contribution in [0, 0.1) is 6.92 Å². The van der Waals surface area contributed by atoms with Crippen LogP contribution >= 0.6 is 11.8 Å². The van der Waals surface area contributed by atoms with Gasteiger partial charge in [-0.15, -0.1) is 0 Å². The Morgan fingerprint density at radius 1 is 1.13 bits per heavy atom. The van der Waals surface area contributed by atoms with Crippen LogP contribution in [0.5, 0.6) is 5.75 Å². The number of ether oxygens (including phenoxy) is 1. The molecule has 31 heavy (non-hydrogen) atoms. The van der Waals surface area contributed by atoms with E-state index in [-0.39, 0.29) is 17.9 Å². The second kappa shape index (κ2) is 9.39. The van der Waals surface area contributed by atoms with Gasteiger partial charge in [-0.25, -0.2) is 4.98 Å². The normalized spacial score (nSPS) is 15.3. The fourth-order valence-electron chi connectivity index (χ4n) is 3.63. The van der Waals surface area contributed by atoms with Crippen molar-refractivity contribution in [3.63, 3.8) is 0 Å². The van der Waals surface area contributed by atoms with E-state index in [0.29, 0.717) is 34.6 Å². The Morgan fingerprint density at radius 3 is 2.68 bits per heavy atom. The molecule has 4 rings (SSSR count). The van der Waals surface area contributed by atoms with E-state index in [1.807, 2.05) is 38.1 Å². The summed E-state index contributed by atoms with van der Waals surface area (Å²) >= 11 is 1.44. The van der Waals surface area contributed by atoms with Gasteiger partial charge in [0.1, 0.15) is 11.6 Å². The fourth-order valence-corrected chi connectivity index (χ4v) is 4.45. The van der Waals surface area contributed by atoms with Gasteiger partial charge in [0.25, 0.3) is 5.56 Å². The van der Waals surface area contributed by atoms with Crippen LogP contribution in [0.1, 0.15) is 47.9 Å². The van der Waals surface area contributed by atoms with Gasteiger partial charge in [-0.2, -0.15) is 0 Å². The Labute approximate surface area is 185 Å². The minimum Gasteiger partial charge on any atom is -0.493 e. The highest BCUT2D eigenvalue weighted by atomic mass is 32.2. The third-order valence-electron chi connectivity index (χ3n) is 5.18. The van der Waals surface area contributed by atoms with E-state index in [0.717, 1.165) is 17.5 Å². The first-order valence-electron chi connectivity index (χ1n) is 10.4. The maximum absolute atomic E-state index is 13.1. The lowest BCUT2D eigenvalue weighted by Crippen LogP contribution is -2.31. The number of hydrogen-bond acceptors (Lipinski definition) is 5. The molecule has 0 saturated carbocycles. The standard InChI is InChI=1S/C24H25N3O3S/c1-3-12-30-19-7-5-4-6-17(19)18-13-20(28)25-22-21(18)23(29)27-24(26-22)31-14-16-10-8-15(2)9-11-16/h4-11,18H,3,12-14H2,1-2H3,(H2,25,26,27,28,29)/t18-/m1/s1. The first kappa shape index (κ1) is 21.2. The molecule has 0 spiro atoms. The third kappa shape index (κ3) is 4.82. The van der Waals surface area contributed by atoms with Gasteiger partial charge in [-0.05, 0) is 25.0 Å². The molecule has 1 amide bonds. The highest BCUT2D eigenvalue weighted by Crippen LogP contribution is 2.38. The highest BCUT2D eigenvalue weighted by Gasteiger charge is 2.32. The number of amides is 1. The molecular formula is C24H25N3O3S. The molecule has 0 unspecified atom stereocenters. The Hall–Kier alpha value is -3.06. The van der Waals surface area contributed by atoms with Crippen molar-refractivity contribution in [2.24, 2.45) is 0 Å². The lowest BCUT2D eigenvalue weighted by molar-refractivity contribution is -0.116. The summed E-state index contributed by atoms with van der Waals surface area (Å²) in [6.07, 6.45) is 1.06. The van der Waals surface area contributed by atoms with Gasteiger partial charge in [0.15, 0.2) is 5.16 Å². The van der Waals surface area contributed by atoms with Crippen molar-refractivity contribution in [1.82, 2.24) is 9.97 Å². The van der Waals surface area contributed by atoms with E-state index in [1.165, 1.54) is 17.3 Å². The molecule has 1 atom stereocenters. The fraction of sp³-hybridized carbons (Fsp3) is 0.292. The maximum atomic E-state index is 13.1. The average Bonchev–Trinajstić information content (AvgIpc) is 2.76. The van der Waals surface area contributed by atoms with E-state index < -0.39 is 5.92 Å². The molecule has 0 saturated heterocycles. The number of aromatic nitrogens is 2. The van der Waals surface area contributed by atoms with Crippen molar-refractivity contribution in [3.05, 3.63) is 81.1 Å². The van der Waals surface area contributed by atoms with Crippen LogP contribution in [0.2, 0.25) is 0 Å². The molecule has 2 heterocycles. The summed E-state index contributed by atoms with van der Waals surface area (Å²) in [5.74, 6) is 1.15. The van der Waals surface area contributed by atoms with Crippen molar-refractivity contribution in [2.45, 2.75) is 43.5 Å². The van der Waals surface area contributed by atoms with Crippen molar-refractivity contribution in [2.75, 3.05) is 11.9 Å². The third-order valence-corrected chi connectivity index (χ3v) is 6.13. The molecule has 6 nitrogen and oxygen atoms in total. The molecule has 1 aliphatic rings. The van der Waals surface area contributed by atoms with Gasteiger partial charge in [-0.3, -0.25) is 9.59 Å². The zero-order chi connectivity index (χ0) is 21.8. The number of carbonyl (C=O) groups excluding carboxylic acids is 1. The van der Waals surface area contributed by atoms with E-state index in [9.17, 15) is 9.59 Å². The Kier molecular flexibility index (Phi) is 6.42. The number of aryl methyl sites for hydroxylation is 1. The van der Waals surface area contributed by atoms with E-state index >= 15 is 0 Å². The summed E-state index contributed by atoms with van der Waals surface area (Å²) in [7, 11) is 0. The first-order valence-corrected chi connectivity index (χ1v) is 11.4. The average molecular weight is 436 g/mol. The van der Waals surface area contributed by atoms with E-state index in [1.54, 1.807) is 0 Å². The monoisotopic (exact) mass is 435 g/mol. The summed E-state index contributed by atoms with van der Waals surface area (Å²) in [4.78, 5) is 33.0. The molecule has 2 aromatic carbocycles. The number of carbonyl (C=O) groups is 1. The summed E-state index contributed by atoms with van der Waals surface area (Å²) in [5, 5.41) is 3.27. The molecular weight excluding hydrogens is 410 g/mol. The quantitative estimate of drug-likeness (QED) is 0.417. The first-order chi connectivity index (χ1) is 15.0.